The summed E-state index contributed by atoms with van der Waals surface area (Å²) in [4.78, 5) is 24.0. The molecule has 1 saturated heterocycles. The Morgan fingerprint density at radius 3 is 2.71 bits per heavy atom. The van der Waals surface area contributed by atoms with Crippen molar-refractivity contribution in [1.82, 2.24) is 10.2 Å². The van der Waals surface area contributed by atoms with E-state index in [1.165, 1.54) is 6.07 Å². The van der Waals surface area contributed by atoms with Gasteiger partial charge in [0.05, 0.1) is 17.1 Å². The standard InChI is InChI=1S/C12H11ClF3N3O2/c13-9-2-1-7(5-8(9)12(14,15)16)18-6-10(20)19-4-3-17-11(19)21/h1-2,5,18H,3-4,6H2,(H,17,21). The van der Waals surface area contributed by atoms with E-state index in [4.69, 9.17) is 11.6 Å². The molecule has 0 atom stereocenters. The first kappa shape index (κ1) is 15.4. The van der Waals surface area contributed by atoms with Crippen LogP contribution in [0.5, 0.6) is 0 Å². The third-order valence-corrected chi connectivity index (χ3v) is 3.20. The summed E-state index contributed by atoms with van der Waals surface area (Å²) in [7, 11) is 0. The van der Waals surface area contributed by atoms with E-state index in [0.717, 1.165) is 17.0 Å². The Bertz CT molecular complexity index is 577. The smallest absolute Gasteiger partial charge is 0.376 e. The van der Waals surface area contributed by atoms with Crippen LogP contribution >= 0.6 is 11.6 Å². The van der Waals surface area contributed by atoms with Gasteiger partial charge in [0, 0.05) is 18.8 Å². The van der Waals surface area contributed by atoms with E-state index < -0.39 is 28.7 Å². The molecule has 114 valence electrons. The van der Waals surface area contributed by atoms with Crippen LogP contribution in [0.3, 0.4) is 0 Å². The molecule has 0 saturated carbocycles. The Kier molecular flexibility index (Phi) is 4.26. The monoisotopic (exact) mass is 321 g/mol. The number of halogens is 4. The summed E-state index contributed by atoms with van der Waals surface area (Å²) in [6, 6.07) is 2.74. The van der Waals surface area contributed by atoms with Gasteiger partial charge in [0.15, 0.2) is 0 Å². The molecule has 0 spiro atoms. The number of hydrogen-bond donors (Lipinski definition) is 2. The van der Waals surface area contributed by atoms with E-state index in [1.807, 2.05) is 0 Å². The van der Waals surface area contributed by atoms with Crippen LogP contribution in [-0.4, -0.2) is 36.5 Å². The second-order valence-corrected chi connectivity index (χ2v) is 4.73. The number of imide groups is 1. The SMILES string of the molecule is O=C(CNc1ccc(Cl)c(C(F)(F)F)c1)N1CCNC1=O. The zero-order valence-corrected chi connectivity index (χ0v) is 11.4. The minimum atomic E-state index is -4.58. The average Bonchev–Trinajstić information content (AvgIpc) is 2.82. The highest BCUT2D eigenvalue weighted by Crippen LogP contribution is 2.36. The molecule has 21 heavy (non-hydrogen) atoms. The Balaban J connectivity index is 2.04. The molecular weight excluding hydrogens is 311 g/mol. The molecule has 0 bridgehead atoms. The molecule has 2 rings (SSSR count). The molecule has 3 amide bonds. The van der Waals surface area contributed by atoms with Crippen molar-refractivity contribution < 1.29 is 22.8 Å². The van der Waals surface area contributed by atoms with Crippen LogP contribution in [0, 0.1) is 0 Å². The number of amides is 3. The first-order valence-electron chi connectivity index (χ1n) is 5.98. The van der Waals surface area contributed by atoms with Crippen LogP contribution in [0.4, 0.5) is 23.7 Å². The minimum Gasteiger partial charge on any atom is -0.376 e. The quantitative estimate of drug-likeness (QED) is 0.898. The van der Waals surface area contributed by atoms with Gasteiger partial charge in [-0.05, 0) is 18.2 Å². The van der Waals surface area contributed by atoms with Gasteiger partial charge in [-0.2, -0.15) is 13.2 Å². The Labute approximate surface area is 123 Å². The topological polar surface area (TPSA) is 61.4 Å². The van der Waals surface area contributed by atoms with Crippen molar-refractivity contribution in [2.75, 3.05) is 25.0 Å². The van der Waals surface area contributed by atoms with Crippen molar-refractivity contribution in [1.29, 1.82) is 0 Å². The van der Waals surface area contributed by atoms with E-state index in [2.05, 4.69) is 10.6 Å². The molecule has 0 radical (unpaired) electrons. The molecule has 2 N–H and O–H groups in total. The number of benzene rings is 1. The summed E-state index contributed by atoms with van der Waals surface area (Å²) in [6.07, 6.45) is -4.58. The molecule has 5 nitrogen and oxygen atoms in total. The number of anilines is 1. The van der Waals surface area contributed by atoms with Gasteiger partial charge in [-0.1, -0.05) is 11.6 Å². The number of nitrogens with zero attached hydrogens (tertiary/aromatic N) is 1. The summed E-state index contributed by atoms with van der Waals surface area (Å²) in [5.74, 6) is -0.520. The van der Waals surface area contributed by atoms with Gasteiger partial charge in [-0.15, -0.1) is 0 Å². The number of carbonyl (C=O) groups excluding carboxylic acids is 2. The van der Waals surface area contributed by atoms with Gasteiger partial charge in [0.25, 0.3) is 0 Å². The lowest BCUT2D eigenvalue weighted by atomic mass is 10.2. The molecule has 1 aromatic rings. The fraction of sp³-hybridized carbons (Fsp3) is 0.333. The average molecular weight is 322 g/mol. The highest BCUT2D eigenvalue weighted by Gasteiger charge is 2.33. The van der Waals surface area contributed by atoms with E-state index in [0.29, 0.717) is 6.54 Å². The summed E-state index contributed by atoms with van der Waals surface area (Å²) in [5, 5.41) is 4.59. The van der Waals surface area contributed by atoms with Crippen LogP contribution in [0.15, 0.2) is 18.2 Å². The van der Waals surface area contributed by atoms with E-state index in [9.17, 15) is 22.8 Å². The first-order chi connectivity index (χ1) is 9.79. The first-order valence-corrected chi connectivity index (χ1v) is 6.35. The molecule has 0 unspecified atom stereocenters. The van der Waals surface area contributed by atoms with Crippen molar-refractivity contribution in [3.8, 4) is 0 Å². The van der Waals surface area contributed by atoms with Gasteiger partial charge < -0.3 is 10.6 Å². The van der Waals surface area contributed by atoms with Gasteiger partial charge in [-0.3, -0.25) is 9.69 Å². The summed E-state index contributed by atoms with van der Waals surface area (Å²) in [6.45, 7) is 0.323. The zero-order valence-electron chi connectivity index (χ0n) is 10.6. The number of carbonyl (C=O) groups is 2. The predicted molar refractivity (Wildman–Crippen MR) is 70.1 cm³/mol. The molecule has 1 heterocycles. The normalized spacial score (nSPS) is 15.0. The summed E-state index contributed by atoms with van der Waals surface area (Å²) in [5.41, 5.74) is -0.889. The predicted octanol–water partition coefficient (Wildman–Crippen LogP) is 2.32. The number of rotatable bonds is 3. The van der Waals surface area contributed by atoms with Crippen molar-refractivity contribution in [2.24, 2.45) is 0 Å². The largest absolute Gasteiger partial charge is 0.417 e. The maximum absolute atomic E-state index is 12.7. The molecule has 1 aliphatic heterocycles. The van der Waals surface area contributed by atoms with Crippen molar-refractivity contribution in [3.63, 3.8) is 0 Å². The van der Waals surface area contributed by atoms with Gasteiger partial charge in [0.2, 0.25) is 5.91 Å². The van der Waals surface area contributed by atoms with Crippen molar-refractivity contribution in [2.45, 2.75) is 6.18 Å². The molecular formula is C12H11ClF3N3O2. The maximum Gasteiger partial charge on any atom is 0.417 e. The van der Waals surface area contributed by atoms with Crippen LogP contribution in [0.1, 0.15) is 5.56 Å². The number of urea groups is 1. The second kappa shape index (κ2) is 5.80. The summed E-state index contributed by atoms with van der Waals surface area (Å²) < 4.78 is 38.1. The number of hydrogen-bond acceptors (Lipinski definition) is 3. The fourth-order valence-electron chi connectivity index (χ4n) is 1.84. The lowest BCUT2D eigenvalue weighted by Crippen LogP contribution is -2.38. The molecule has 9 heteroatoms. The third-order valence-electron chi connectivity index (χ3n) is 2.87. The Morgan fingerprint density at radius 2 is 2.14 bits per heavy atom. The lowest BCUT2D eigenvalue weighted by molar-refractivity contribution is -0.137. The van der Waals surface area contributed by atoms with Crippen LogP contribution in [-0.2, 0) is 11.0 Å². The third kappa shape index (κ3) is 3.57. The van der Waals surface area contributed by atoms with Gasteiger partial charge >= 0.3 is 12.2 Å². The number of alkyl halides is 3. The van der Waals surface area contributed by atoms with Crippen LogP contribution in [0.25, 0.3) is 0 Å². The maximum atomic E-state index is 12.7. The Hall–Kier alpha value is -1.96. The molecule has 0 aliphatic carbocycles. The fourth-order valence-corrected chi connectivity index (χ4v) is 2.06. The zero-order chi connectivity index (χ0) is 15.6. The minimum absolute atomic E-state index is 0.0969. The van der Waals surface area contributed by atoms with Gasteiger partial charge in [0.1, 0.15) is 0 Å². The molecule has 1 fully saturated rings. The molecule has 1 aromatic carbocycles. The van der Waals surface area contributed by atoms with E-state index in [-0.39, 0.29) is 18.8 Å². The van der Waals surface area contributed by atoms with E-state index >= 15 is 0 Å². The van der Waals surface area contributed by atoms with Crippen molar-refractivity contribution in [3.05, 3.63) is 28.8 Å². The van der Waals surface area contributed by atoms with E-state index in [1.54, 1.807) is 0 Å². The Morgan fingerprint density at radius 1 is 1.43 bits per heavy atom. The highest BCUT2D eigenvalue weighted by molar-refractivity contribution is 6.31. The van der Waals surface area contributed by atoms with Crippen LogP contribution < -0.4 is 10.6 Å². The molecule has 0 aromatic heterocycles. The van der Waals surface area contributed by atoms with Gasteiger partial charge in [-0.25, -0.2) is 4.79 Å². The molecule has 1 aliphatic rings. The summed E-state index contributed by atoms with van der Waals surface area (Å²) >= 11 is 5.49. The number of nitrogens with one attached hydrogen (secondary N) is 2. The second-order valence-electron chi connectivity index (χ2n) is 4.32. The van der Waals surface area contributed by atoms with Crippen LogP contribution in [0.2, 0.25) is 5.02 Å². The van der Waals surface area contributed by atoms with Crippen molar-refractivity contribution >= 4 is 29.2 Å². The lowest BCUT2D eigenvalue weighted by Gasteiger charge is -2.15. The highest BCUT2D eigenvalue weighted by atomic mass is 35.5.